The van der Waals surface area contributed by atoms with Crippen molar-refractivity contribution in [2.24, 2.45) is 5.10 Å². The summed E-state index contributed by atoms with van der Waals surface area (Å²) in [6.07, 6.45) is 2.51. The molecule has 1 heterocycles. The molecule has 0 radical (unpaired) electrons. The van der Waals surface area contributed by atoms with Gasteiger partial charge in [-0.05, 0) is 19.1 Å². The highest BCUT2D eigenvalue weighted by atomic mass is 16.6. The Labute approximate surface area is 119 Å². The van der Waals surface area contributed by atoms with E-state index in [-0.39, 0.29) is 23.3 Å². The van der Waals surface area contributed by atoms with Crippen LogP contribution in [-0.4, -0.2) is 33.9 Å². The number of nitrogens with one attached hydrogen (secondary N) is 1. The first kappa shape index (κ1) is 14.4. The van der Waals surface area contributed by atoms with Gasteiger partial charge in [0.05, 0.1) is 12.8 Å². The molecule has 0 saturated carbocycles. The molecule has 8 nitrogen and oxygen atoms in total. The standard InChI is InChI=1S/C13H13N3O5/c1-2-20-11-7-14-13(21-11)12(19)16-15-6-8-3-4-9(17)5-10(8)18/h3-7,17-18H,2H2,1H3,(H,16,19)/b15-6+. The van der Waals surface area contributed by atoms with Gasteiger partial charge in [0.1, 0.15) is 17.7 Å². The number of phenolic OH excluding ortho intramolecular Hbond substituents is 2. The van der Waals surface area contributed by atoms with E-state index in [1.807, 2.05) is 0 Å². The lowest BCUT2D eigenvalue weighted by atomic mass is 10.2. The molecule has 2 aromatic rings. The Morgan fingerprint density at radius 3 is 3.05 bits per heavy atom. The maximum absolute atomic E-state index is 11.7. The zero-order chi connectivity index (χ0) is 15.2. The molecule has 1 amide bonds. The van der Waals surface area contributed by atoms with Crippen LogP contribution in [0.25, 0.3) is 0 Å². The Kier molecular flexibility index (Phi) is 4.39. The van der Waals surface area contributed by atoms with E-state index in [2.05, 4.69) is 15.5 Å². The average Bonchev–Trinajstić information content (AvgIpc) is 2.90. The van der Waals surface area contributed by atoms with Gasteiger partial charge in [-0.2, -0.15) is 5.10 Å². The third-order valence-corrected chi connectivity index (χ3v) is 2.35. The number of hydrazone groups is 1. The molecule has 110 valence electrons. The molecule has 2 rings (SSSR count). The second-order valence-corrected chi connectivity index (χ2v) is 3.86. The highest BCUT2D eigenvalue weighted by molar-refractivity contribution is 5.91. The number of aromatic hydroxyl groups is 2. The number of benzene rings is 1. The molecular weight excluding hydrogens is 278 g/mol. The number of ether oxygens (including phenoxy) is 1. The molecule has 0 fully saturated rings. The average molecular weight is 291 g/mol. The van der Waals surface area contributed by atoms with Crippen LogP contribution in [0.1, 0.15) is 23.2 Å². The minimum absolute atomic E-state index is 0.0723. The smallest absolute Gasteiger partial charge is 0.327 e. The Morgan fingerprint density at radius 1 is 1.52 bits per heavy atom. The van der Waals surface area contributed by atoms with Gasteiger partial charge in [-0.25, -0.2) is 10.4 Å². The maximum atomic E-state index is 11.7. The van der Waals surface area contributed by atoms with Gasteiger partial charge in [0, 0.05) is 11.6 Å². The van der Waals surface area contributed by atoms with E-state index in [9.17, 15) is 9.90 Å². The number of hydrogen-bond donors (Lipinski definition) is 3. The van der Waals surface area contributed by atoms with Crippen LogP contribution in [0, 0.1) is 0 Å². The molecule has 0 unspecified atom stereocenters. The Morgan fingerprint density at radius 2 is 2.33 bits per heavy atom. The van der Waals surface area contributed by atoms with Gasteiger partial charge in [-0.3, -0.25) is 4.79 Å². The predicted molar refractivity (Wildman–Crippen MR) is 72.5 cm³/mol. The number of rotatable bonds is 5. The van der Waals surface area contributed by atoms with E-state index in [0.29, 0.717) is 12.2 Å². The summed E-state index contributed by atoms with van der Waals surface area (Å²) in [4.78, 5) is 15.4. The van der Waals surface area contributed by atoms with Crippen LogP contribution >= 0.6 is 0 Å². The number of aromatic nitrogens is 1. The van der Waals surface area contributed by atoms with Crippen LogP contribution in [0.5, 0.6) is 17.4 Å². The van der Waals surface area contributed by atoms with Gasteiger partial charge in [0.2, 0.25) is 0 Å². The third kappa shape index (κ3) is 3.72. The van der Waals surface area contributed by atoms with Crippen molar-refractivity contribution in [2.75, 3.05) is 6.61 Å². The van der Waals surface area contributed by atoms with Crippen molar-refractivity contribution in [2.45, 2.75) is 6.92 Å². The predicted octanol–water partition coefficient (Wildman–Crippen LogP) is 1.25. The van der Waals surface area contributed by atoms with E-state index >= 15 is 0 Å². The van der Waals surface area contributed by atoms with Crippen LogP contribution in [0.4, 0.5) is 0 Å². The second kappa shape index (κ2) is 6.42. The fourth-order valence-corrected chi connectivity index (χ4v) is 1.42. The molecule has 1 aromatic heterocycles. The zero-order valence-corrected chi connectivity index (χ0v) is 11.1. The van der Waals surface area contributed by atoms with Gasteiger partial charge in [-0.1, -0.05) is 0 Å². The molecular formula is C13H13N3O5. The summed E-state index contributed by atoms with van der Waals surface area (Å²) in [7, 11) is 0. The fraction of sp³-hybridized carbons (Fsp3) is 0.154. The second-order valence-electron chi connectivity index (χ2n) is 3.86. The SMILES string of the molecule is CCOc1cnc(C(=O)N/N=C/c2ccc(O)cc2O)o1. The molecule has 0 saturated heterocycles. The first-order valence-corrected chi connectivity index (χ1v) is 6.04. The first-order valence-electron chi connectivity index (χ1n) is 6.04. The zero-order valence-electron chi connectivity index (χ0n) is 11.1. The van der Waals surface area contributed by atoms with E-state index < -0.39 is 5.91 Å². The van der Waals surface area contributed by atoms with Gasteiger partial charge >= 0.3 is 11.9 Å². The van der Waals surface area contributed by atoms with Crippen LogP contribution in [0.15, 0.2) is 33.9 Å². The first-order chi connectivity index (χ1) is 10.1. The highest BCUT2D eigenvalue weighted by Crippen LogP contribution is 2.20. The molecule has 0 aliphatic carbocycles. The minimum atomic E-state index is -0.657. The normalized spacial score (nSPS) is 10.7. The molecule has 8 heteroatoms. The number of hydrogen-bond acceptors (Lipinski definition) is 7. The number of phenols is 2. The number of amides is 1. The van der Waals surface area contributed by atoms with Crippen molar-refractivity contribution >= 4 is 12.1 Å². The van der Waals surface area contributed by atoms with Crippen LogP contribution in [0.2, 0.25) is 0 Å². The number of oxazole rings is 1. The Hall–Kier alpha value is -3.03. The third-order valence-electron chi connectivity index (χ3n) is 2.35. The van der Waals surface area contributed by atoms with E-state index in [1.165, 1.54) is 24.5 Å². The summed E-state index contributed by atoms with van der Waals surface area (Å²) in [5, 5.41) is 22.3. The topological polar surface area (TPSA) is 117 Å². The molecule has 1 aromatic carbocycles. The lowest BCUT2D eigenvalue weighted by Crippen LogP contribution is -2.17. The summed E-state index contributed by atoms with van der Waals surface area (Å²) in [5.41, 5.74) is 2.52. The quantitative estimate of drug-likeness (QED) is 0.563. The van der Waals surface area contributed by atoms with Gasteiger partial charge in [-0.15, -0.1) is 0 Å². The van der Waals surface area contributed by atoms with E-state index in [0.717, 1.165) is 6.07 Å². The van der Waals surface area contributed by atoms with Crippen molar-refractivity contribution in [3.05, 3.63) is 35.9 Å². The van der Waals surface area contributed by atoms with Crippen LogP contribution in [-0.2, 0) is 0 Å². The lowest BCUT2D eigenvalue weighted by Gasteiger charge is -1.99. The molecule has 0 aliphatic heterocycles. The Bertz CT molecular complexity index is 666. The Balaban J connectivity index is 1.98. The molecule has 0 aliphatic rings. The van der Waals surface area contributed by atoms with Crippen molar-refractivity contribution in [3.8, 4) is 17.4 Å². The lowest BCUT2D eigenvalue weighted by molar-refractivity contribution is 0.0912. The summed E-state index contributed by atoms with van der Waals surface area (Å²) >= 11 is 0. The fourth-order valence-electron chi connectivity index (χ4n) is 1.42. The van der Waals surface area contributed by atoms with E-state index in [1.54, 1.807) is 6.92 Å². The van der Waals surface area contributed by atoms with Gasteiger partial charge in [0.15, 0.2) is 0 Å². The van der Waals surface area contributed by atoms with Crippen molar-refractivity contribution in [1.82, 2.24) is 10.4 Å². The molecule has 21 heavy (non-hydrogen) atoms. The molecule has 0 spiro atoms. The number of carbonyl (C=O) groups excluding carboxylic acids is 1. The van der Waals surface area contributed by atoms with Crippen molar-refractivity contribution in [1.29, 1.82) is 0 Å². The van der Waals surface area contributed by atoms with Crippen LogP contribution in [0.3, 0.4) is 0 Å². The van der Waals surface area contributed by atoms with Gasteiger partial charge < -0.3 is 19.4 Å². The molecule has 3 N–H and O–H groups in total. The highest BCUT2D eigenvalue weighted by Gasteiger charge is 2.12. The minimum Gasteiger partial charge on any atom is -0.508 e. The largest absolute Gasteiger partial charge is 0.508 e. The number of carbonyl (C=O) groups is 1. The summed E-state index contributed by atoms with van der Waals surface area (Å²) in [6.45, 7) is 2.17. The summed E-state index contributed by atoms with van der Waals surface area (Å²) in [5.74, 6) is -0.941. The van der Waals surface area contributed by atoms with Crippen molar-refractivity contribution in [3.63, 3.8) is 0 Å². The monoisotopic (exact) mass is 291 g/mol. The molecule has 0 atom stereocenters. The number of nitrogens with zero attached hydrogens (tertiary/aromatic N) is 2. The summed E-state index contributed by atoms with van der Waals surface area (Å²) < 4.78 is 10.1. The molecule has 0 bridgehead atoms. The van der Waals surface area contributed by atoms with Crippen molar-refractivity contribution < 1.29 is 24.2 Å². The maximum Gasteiger partial charge on any atom is 0.327 e. The van der Waals surface area contributed by atoms with Gasteiger partial charge in [0.25, 0.3) is 5.89 Å². The van der Waals surface area contributed by atoms with Crippen LogP contribution < -0.4 is 10.2 Å². The summed E-state index contributed by atoms with van der Waals surface area (Å²) in [6, 6.07) is 3.98. The van der Waals surface area contributed by atoms with E-state index in [4.69, 9.17) is 14.3 Å².